The Labute approximate surface area is 111 Å². The molecule has 3 heteroatoms. The maximum Gasteiger partial charge on any atom is 0.181 e. The van der Waals surface area contributed by atoms with Crippen molar-refractivity contribution in [1.29, 1.82) is 0 Å². The van der Waals surface area contributed by atoms with Crippen LogP contribution in [0, 0.1) is 0 Å². The third-order valence-corrected chi connectivity index (χ3v) is 3.19. The second-order valence-electron chi connectivity index (χ2n) is 4.58. The molecule has 0 aliphatic heterocycles. The van der Waals surface area contributed by atoms with Gasteiger partial charge in [-0.3, -0.25) is 9.78 Å². The van der Waals surface area contributed by atoms with Crippen molar-refractivity contribution >= 4 is 27.6 Å². The lowest BCUT2D eigenvalue weighted by molar-refractivity contribution is 0.0977. The number of hydrogen-bond donors (Lipinski definition) is 0. The molecule has 19 heavy (non-hydrogen) atoms. The summed E-state index contributed by atoms with van der Waals surface area (Å²) in [6.07, 6.45) is 3.13. The Hall–Kier alpha value is -2.29. The number of aromatic nitrogens is 2. The van der Waals surface area contributed by atoms with E-state index in [9.17, 15) is 4.79 Å². The lowest BCUT2D eigenvalue weighted by Crippen LogP contribution is -2.01. The van der Waals surface area contributed by atoms with Crippen molar-refractivity contribution in [3.8, 4) is 0 Å². The predicted octanol–water partition coefficient (Wildman–Crippen LogP) is 3.77. The molecule has 0 aliphatic rings. The first kappa shape index (κ1) is 11.8. The largest absolute Gasteiger partial charge is 0.292 e. The average molecular weight is 250 g/mol. The normalized spacial score (nSPS) is 11.0. The zero-order chi connectivity index (χ0) is 13.2. The van der Waals surface area contributed by atoms with Crippen molar-refractivity contribution < 1.29 is 4.79 Å². The van der Waals surface area contributed by atoms with Crippen molar-refractivity contribution in [2.45, 2.75) is 19.8 Å². The minimum absolute atomic E-state index is 0.0948. The summed E-state index contributed by atoms with van der Waals surface area (Å²) in [5.41, 5.74) is 2.19. The number of benzene rings is 1. The zero-order valence-electron chi connectivity index (χ0n) is 10.8. The molecular weight excluding hydrogens is 236 g/mol. The Morgan fingerprint density at radius 3 is 2.58 bits per heavy atom. The minimum Gasteiger partial charge on any atom is -0.292 e. The van der Waals surface area contributed by atoms with Crippen LogP contribution >= 0.6 is 0 Å². The van der Waals surface area contributed by atoms with E-state index in [-0.39, 0.29) is 5.78 Å². The van der Waals surface area contributed by atoms with Crippen LogP contribution in [0.25, 0.3) is 21.8 Å². The number of ketones is 1. The SMILES string of the molecule is CCCC(=O)c1ccc2ccc3cccnc3c2n1. The molecule has 0 bridgehead atoms. The standard InChI is InChI=1S/C16H14N2O/c1-2-4-14(19)13-9-8-12-7-6-11-5-3-10-17-15(11)16(12)18-13/h3,5-10H,2,4H2,1H3. The van der Waals surface area contributed by atoms with Crippen LogP contribution in [0.2, 0.25) is 0 Å². The highest BCUT2D eigenvalue weighted by molar-refractivity contribution is 6.04. The van der Waals surface area contributed by atoms with Crippen LogP contribution in [0.5, 0.6) is 0 Å². The summed E-state index contributed by atoms with van der Waals surface area (Å²) in [4.78, 5) is 20.8. The zero-order valence-corrected chi connectivity index (χ0v) is 10.8. The fourth-order valence-corrected chi connectivity index (χ4v) is 2.23. The summed E-state index contributed by atoms with van der Waals surface area (Å²) in [6.45, 7) is 2.00. The molecule has 3 rings (SSSR count). The Kier molecular flexibility index (Phi) is 2.95. The number of rotatable bonds is 3. The Balaban J connectivity index is 2.25. The van der Waals surface area contributed by atoms with E-state index < -0.39 is 0 Å². The van der Waals surface area contributed by atoms with Crippen LogP contribution in [0.1, 0.15) is 30.3 Å². The number of carbonyl (C=O) groups excluding carboxylic acids is 1. The highest BCUT2D eigenvalue weighted by Crippen LogP contribution is 2.22. The fourth-order valence-electron chi connectivity index (χ4n) is 2.23. The fraction of sp³-hybridized carbons (Fsp3) is 0.188. The van der Waals surface area contributed by atoms with Crippen LogP contribution in [0.15, 0.2) is 42.6 Å². The summed E-state index contributed by atoms with van der Waals surface area (Å²) < 4.78 is 0. The van der Waals surface area contributed by atoms with Crippen molar-refractivity contribution in [1.82, 2.24) is 9.97 Å². The first-order chi connectivity index (χ1) is 9.29. The summed E-state index contributed by atoms with van der Waals surface area (Å²) in [7, 11) is 0. The quantitative estimate of drug-likeness (QED) is 0.525. The first-order valence-electron chi connectivity index (χ1n) is 6.47. The summed E-state index contributed by atoms with van der Waals surface area (Å²) >= 11 is 0. The minimum atomic E-state index is 0.0948. The Morgan fingerprint density at radius 2 is 1.79 bits per heavy atom. The molecule has 0 aliphatic carbocycles. The molecule has 0 radical (unpaired) electrons. The molecule has 1 aromatic carbocycles. The van der Waals surface area contributed by atoms with Gasteiger partial charge in [0.25, 0.3) is 0 Å². The maximum atomic E-state index is 11.9. The number of pyridine rings is 2. The average Bonchev–Trinajstić information content (AvgIpc) is 2.47. The van der Waals surface area contributed by atoms with E-state index in [0.29, 0.717) is 12.1 Å². The lowest BCUT2D eigenvalue weighted by atomic mass is 10.1. The van der Waals surface area contributed by atoms with E-state index >= 15 is 0 Å². The Morgan fingerprint density at radius 1 is 1.05 bits per heavy atom. The van der Waals surface area contributed by atoms with Gasteiger partial charge in [0.2, 0.25) is 0 Å². The van der Waals surface area contributed by atoms with Crippen LogP contribution < -0.4 is 0 Å². The van der Waals surface area contributed by atoms with Gasteiger partial charge in [-0.05, 0) is 18.6 Å². The van der Waals surface area contributed by atoms with Gasteiger partial charge < -0.3 is 0 Å². The second-order valence-corrected chi connectivity index (χ2v) is 4.58. The van der Waals surface area contributed by atoms with Gasteiger partial charge in [-0.1, -0.05) is 31.2 Å². The number of Topliss-reactive ketones (excluding diaryl/α,β-unsaturated/α-hetero) is 1. The van der Waals surface area contributed by atoms with Crippen LogP contribution in [-0.2, 0) is 0 Å². The van der Waals surface area contributed by atoms with E-state index in [4.69, 9.17) is 0 Å². The maximum absolute atomic E-state index is 11.9. The van der Waals surface area contributed by atoms with Gasteiger partial charge in [-0.15, -0.1) is 0 Å². The van der Waals surface area contributed by atoms with Gasteiger partial charge in [0.05, 0.1) is 11.0 Å². The lowest BCUT2D eigenvalue weighted by Gasteiger charge is -2.04. The van der Waals surface area contributed by atoms with Gasteiger partial charge in [0.1, 0.15) is 5.69 Å². The van der Waals surface area contributed by atoms with Gasteiger partial charge >= 0.3 is 0 Å². The summed E-state index contributed by atoms with van der Waals surface area (Å²) in [5.74, 6) is 0.0948. The topological polar surface area (TPSA) is 42.9 Å². The molecule has 3 nitrogen and oxygen atoms in total. The van der Waals surface area contributed by atoms with Crippen molar-refractivity contribution in [3.63, 3.8) is 0 Å². The van der Waals surface area contributed by atoms with Crippen molar-refractivity contribution in [2.75, 3.05) is 0 Å². The second kappa shape index (κ2) is 4.76. The monoisotopic (exact) mass is 250 g/mol. The molecule has 0 unspecified atom stereocenters. The molecule has 2 heterocycles. The molecule has 0 N–H and O–H groups in total. The molecule has 0 fully saturated rings. The van der Waals surface area contributed by atoms with Crippen molar-refractivity contribution in [3.05, 3.63) is 48.3 Å². The van der Waals surface area contributed by atoms with E-state index in [1.807, 2.05) is 37.3 Å². The molecule has 94 valence electrons. The van der Waals surface area contributed by atoms with Crippen molar-refractivity contribution in [2.24, 2.45) is 0 Å². The molecule has 0 saturated heterocycles. The number of nitrogens with zero attached hydrogens (tertiary/aromatic N) is 2. The van der Waals surface area contributed by atoms with E-state index in [1.165, 1.54) is 0 Å². The third kappa shape index (κ3) is 2.08. The van der Waals surface area contributed by atoms with Gasteiger partial charge in [-0.25, -0.2) is 4.98 Å². The number of fused-ring (bicyclic) bond motifs is 3. The molecular formula is C16H14N2O. The van der Waals surface area contributed by atoms with E-state index in [1.54, 1.807) is 12.3 Å². The van der Waals surface area contributed by atoms with Gasteiger partial charge in [0, 0.05) is 23.4 Å². The number of carbonyl (C=O) groups is 1. The van der Waals surface area contributed by atoms with Gasteiger partial charge in [-0.2, -0.15) is 0 Å². The molecule has 0 amide bonds. The first-order valence-corrected chi connectivity index (χ1v) is 6.47. The van der Waals surface area contributed by atoms with Gasteiger partial charge in [0.15, 0.2) is 5.78 Å². The number of hydrogen-bond acceptors (Lipinski definition) is 3. The molecule has 0 atom stereocenters. The van der Waals surface area contributed by atoms with Crippen LogP contribution in [0.4, 0.5) is 0 Å². The van der Waals surface area contributed by atoms with E-state index in [0.717, 1.165) is 28.2 Å². The van der Waals surface area contributed by atoms with Crippen LogP contribution in [0.3, 0.4) is 0 Å². The van der Waals surface area contributed by atoms with E-state index in [2.05, 4.69) is 9.97 Å². The third-order valence-electron chi connectivity index (χ3n) is 3.19. The molecule has 2 aromatic heterocycles. The molecule has 0 saturated carbocycles. The highest BCUT2D eigenvalue weighted by Gasteiger charge is 2.09. The Bertz CT molecular complexity index is 765. The highest BCUT2D eigenvalue weighted by atomic mass is 16.1. The van der Waals surface area contributed by atoms with Crippen LogP contribution in [-0.4, -0.2) is 15.8 Å². The summed E-state index contributed by atoms with van der Waals surface area (Å²) in [5, 5.41) is 2.06. The molecule has 0 spiro atoms. The predicted molar refractivity (Wildman–Crippen MR) is 76.3 cm³/mol. The summed E-state index contributed by atoms with van der Waals surface area (Å²) in [6, 6.07) is 11.7. The molecule has 3 aromatic rings. The smallest absolute Gasteiger partial charge is 0.181 e.